The third-order valence-electron chi connectivity index (χ3n) is 5.25. The number of benzene rings is 4. The molecule has 5 nitrogen and oxygen atoms in total. The molecule has 4 rings (SSSR count). The summed E-state index contributed by atoms with van der Waals surface area (Å²) >= 11 is 0. The molecule has 6 heteroatoms. The van der Waals surface area contributed by atoms with Crippen molar-refractivity contribution in [1.29, 1.82) is 0 Å². The van der Waals surface area contributed by atoms with E-state index in [4.69, 9.17) is 4.88 Å². The summed E-state index contributed by atoms with van der Waals surface area (Å²) in [6.45, 7) is 0.468. The van der Waals surface area contributed by atoms with Gasteiger partial charge in [0, 0.05) is 23.7 Å². The van der Waals surface area contributed by atoms with Gasteiger partial charge in [0.05, 0.1) is 0 Å². The maximum Gasteiger partial charge on any atom is 0.255 e. The predicted molar refractivity (Wildman–Crippen MR) is 141 cm³/mol. The van der Waals surface area contributed by atoms with Gasteiger partial charge in [-0.2, -0.15) is 0 Å². The largest absolute Gasteiger partial charge is 0.348 e. The standard InChI is InChI=1S/C28H25N4OP/c33-28(29-23-24-13-5-1-6-14-24)21-22-30-31-32-34(25-15-7-2-8-16-25,26-17-9-3-10-18-26)27-19-11-4-12-20-27/h1-22H,23H2,(H-,29,30,32,33)/p+1. The maximum absolute atomic E-state index is 12.1. The number of carbonyl (C=O) groups excluding carboxylic acids is 1. The highest BCUT2D eigenvalue weighted by atomic mass is 31.2. The highest BCUT2D eigenvalue weighted by molar-refractivity contribution is 7.94. The number of amides is 1. The molecule has 0 saturated carbocycles. The highest BCUT2D eigenvalue weighted by Gasteiger charge is 2.47. The first-order valence-corrected chi connectivity index (χ1v) is 12.8. The van der Waals surface area contributed by atoms with Crippen molar-refractivity contribution in [3.8, 4) is 0 Å². The summed E-state index contributed by atoms with van der Waals surface area (Å²) in [7, 11) is -2.41. The van der Waals surface area contributed by atoms with E-state index in [0.717, 1.165) is 21.5 Å². The van der Waals surface area contributed by atoms with Crippen molar-refractivity contribution in [2.45, 2.75) is 6.54 Å². The van der Waals surface area contributed by atoms with Gasteiger partial charge in [0.25, 0.3) is 7.41 Å². The van der Waals surface area contributed by atoms with Gasteiger partial charge in [-0.1, -0.05) is 84.9 Å². The third-order valence-corrected chi connectivity index (χ3v) is 8.74. The molecule has 0 saturated heterocycles. The van der Waals surface area contributed by atoms with E-state index in [9.17, 15) is 4.79 Å². The fraction of sp³-hybridized carbons (Fsp3) is 0.0357. The summed E-state index contributed by atoms with van der Waals surface area (Å²) in [6, 6.07) is 40.5. The van der Waals surface area contributed by atoms with Gasteiger partial charge in [-0.3, -0.25) is 10.2 Å². The van der Waals surface area contributed by atoms with Crippen molar-refractivity contribution < 1.29 is 4.79 Å². The SMILES string of the molecule is O=C(/C=C/N/N=N/[P+](c1ccccc1)(c1ccccc1)c1ccccc1)NCc1ccccc1. The minimum Gasteiger partial charge on any atom is -0.348 e. The third kappa shape index (κ3) is 5.64. The van der Waals surface area contributed by atoms with Crippen LogP contribution in [-0.2, 0) is 11.3 Å². The first kappa shape index (κ1) is 23.1. The molecular weight excluding hydrogens is 439 g/mol. The van der Waals surface area contributed by atoms with Crippen LogP contribution in [0.2, 0.25) is 0 Å². The molecule has 4 aromatic carbocycles. The molecule has 0 heterocycles. The quantitative estimate of drug-likeness (QED) is 0.163. The van der Waals surface area contributed by atoms with Gasteiger partial charge in [0.15, 0.2) is 0 Å². The smallest absolute Gasteiger partial charge is 0.255 e. The monoisotopic (exact) mass is 465 g/mol. The van der Waals surface area contributed by atoms with E-state index in [-0.39, 0.29) is 5.91 Å². The molecular formula is C28H26N4OP+. The van der Waals surface area contributed by atoms with Crippen molar-refractivity contribution in [3.63, 3.8) is 0 Å². The van der Waals surface area contributed by atoms with E-state index in [2.05, 4.69) is 52.4 Å². The van der Waals surface area contributed by atoms with Crippen molar-refractivity contribution in [1.82, 2.24) is 10.7 Å². The Balaban J connectivity index is 1.56. The Morgan fingerprint density at radius 1 is 0.676 bits per heavy atom. The summed E-state index contributed by atoms with van der Waals surface area (Å²) in [5, 5.41) is 10.5. The highest BCUT2D eigenvalue weighted by Crippen LogP contribution is 2.56. The molecule has 0 aliphatic carbocycles. The number of hydrogen-bond acceptors (Lipinski definition) is 3. The van der Waals surface area contributed by atoms with Gasteiger partial charge in [-0.05, 0) is 47.2 Å². The zero-order chi connectivity index (χ0) is 23.5. The van der Waals surface area contributed by atoms with E-state index in [1.807, 2.05) is 84.9 Å². The van der Waals surface area contributed by atoms with Crippen LogP contribution in [0.1, 0.15) is 5.56 Å². The van der Waals surface area contributed by atoms with Crippen LogP contribution in [0.5, 0.6) is 0 Å². The Hall–Kier alpha value is -4.08. The van der Waals surface area contributed by atoms with Crippen molar-refractivity contribution in [3.05, 3.63) is 139 Å². The minimum absolute atomic E-state index is 0.207. The number of carbonyl (C=O) groups is 1. The molecule has 0 aliphatic heterocycles. The molecule has 34 heavy (non-hydrogen) atoms. The van der Waals surface area contributed by atoms with Crippen LogP contribution in [0, 0.1) is 0 Å². The van der Waals surface area contributed by atoms with E-state index in [1.165, 1.54) is 12.3 Å². The number of nitrogens with zero attached hydrogens (tertiary/aromatic N) is 2. The Morgan fingerprint density at radius 2 is 1.12 bits per heavy atom. The average molecular weight is 466 g/mol. The van der Waals surface area contributed by atoms with Crippen LogP contribution in [0.15, 0.2) is 144 Å². The van der Waals surface area contributed by atoms with Crippen LogP contribution in [0.3, 0.4) is 0 Å². The molecule has 4 aromatic rings. The molecule has 1 amide bonds. The molecule has 2 N–H and O–H groups in total. The summed E-state index contributed by atoms with van der Waals surface area (Å²) < 4.78 is 0. The average Bonchev–Trinajstić information content (AvgIpc) is 2.92. The maximum atomic E-state index is 12.1. The van der Waals surface area contributed by atoms with E-state index < -0.39 is 7.41 Å². The second-order valence-electron chi connectivity index (χ2n) is 7.50. The molecule has 0 bridgehead atoms. The summed E-state index contributed by atoms with van der Waals surface area (Å²) in [6.07, 6.45) is 2.91. The molecule has 0 radical (unpaired) electrons. The molecule has 0 unspecified atom stereocenters. The lowest BCUT2D eigenvalue weighted by Crippen LogP contribution is -2.29. The predicted octanol–water partition coefficient (Wildman–Crippen LogP) is 4.68. The van der Waals surface area contributed by atoms with Gasteiger partial charge >= 0.3 is 0 Å². The summed E-state index contributed by atoms with van der Waals surface area (Å²) in [4.78, 5) is 17.0. The number of nitrogens with one attached hydrogen (secondary N) is 2. The Labute approximate surface area is 200 Å². The molecule has 0 fully saturated rings. The minimum atomic E-state index is -2.41. The molecule has 0 spiro atoms. The van der Waals surface area contributed by atoms with Gasteiger partial charge in [0.2, 0.25) is 5.91 Å². The van der Waals surface area contributed by atoms with Crippen molar-refractivity contribution >= 4 is 29.2 Å². The van der Waals surface area contributed by atoms with E-state index >= 15 is 0 Å². The molecule has 0 aliphatic rings. The van der Waals surface area contributed by atoms with Crippen LogP contribution in [-0.4, -0.2) is 5.91 Å². The zero-order valence-electron chi connectivity index (χ0n) is 18.7. The van der Waals surface area contributed by atoms with Gasteiger partial charge in [-0.25, -0.2) is 0 Å². The number of hydrogen-bond donors (Lipinski definition) is 2. The lowest BCUT2D eigenvalue weighted by Gasteiger charge is -2.20. The second kappa shape index (κ2) is 11.7. The number of rotatable bonds is 9. The summed E-state index contributed by atoms with van der Waals surface area (Å²) in [5.74, 6) is -0.207. The Kier molecular flexibility index (Phi) is 7.94. The van der Waals surface area contributed by atoms with Crippen molar-refractivity contribution in [2.75, 3.05) is 0 Å². The molecule has 168 valence electrons. The van der Waals surface area contributed by atoms with E-state index in [0.29, 0.717) is 6.54 Å². The van der Waals surface area contributed by atoms with Crippen molar-refractivity contribution in [2.24, 2.45) is 10.1 Å². The normalized spacial score (nSPS) is 11.5. The summed E-state index contributed by atoms with van der Waals surface area (Å²) in [5.41, 5.74) is 3.87. The fourth-order valence-corrected chi connectivity index (χ4v) is 6.82. The van der Waals surface area contributed by atoms with Gasteiger partial charge in [0.1, 0.15) is 15.9 Å². The topological polar surface area (TPSA) is 65.8 Å². The van der Waals surface area contributed by atoms with Gasteiger partial charge in [-0.15, -0.1) is 0 Å². The Morgan fingerprint density at radius 3 is 1.59 bits per heavy atom. The van der Waals surface area contributed by atoms with Crippen LogP contribution >= 0.6 is 7.41 Å². The zero-order valence-corrected chi connectivity index (χ0v) is 19.6. The first-order chi connectivity index (χ1) is 16.8. The van der Waals surface area contributed by atoms with Crippen LogP contribution in [0.25, 0.3) is 0 Å². The molecule has 0 atom stereocenters. The molecule has 0 aromatic heterocycles. The first-order valence-electron chi connectivity index (χ1n) is 11.0. The van der Waals surface area contributed by atoms with Crippen LogP contribution < -0.4 is 26.7 Å². The van der Waals surface area contributed by atoms with Crippen LogP contribution in [0.4, 0.5) is 0 Å². The lowest BCUT2D eigenvalue weighted by molar-refractivity contribution is -0.116. The fourth-order valence-electron chi connectivity index (χ4n) is 3.62. The van der Waals surface area contributed by atoms with E-state index in [1.54, 1.807) is 0 Å². The lowest BCUT2D eigenvalue weighted by atomic mass is 10.2. The second-order valence-corrected chi connectivity index (χ2v) is 10.5. The Bertz CT molecular complexity index is 1130. The van der Waals surface area contributed by atoms with Gasteiger partial charge < -0.3 is 5.32 Å².